The smallest absolute Gasteiger partial charge is 0.291 e. The van der Waals surface area contributed by atoms with Crippen LogP contribution >= 0.6 is 23.2 Å². The Morgan fingerprint density at radius 1 is 1.18 bits per heavy atom. The van der Waals surface area contributed by atoms with Gasteiger partial charge in [0.15, 0.2) is 5.76 Å². The van der Waals surface area contributed by atoms with Crippen LogP contribution in [-0.4, -0.2) is 15.7 Å². The van der Waals surface area contributed by atoms with Gasteiger partial charge in [-0.05, 0) is 30.3 Å². The summed E-state index contributed by atoms with van der Waals surface area (Å²) in [7, 11) is 0. The van der Waals surface area contributed by atoms with E-state index in [0.29, 0.717) is 28.0 Å². The van der Waals surface area contributed by atoms with Gasteiger partial charge in [0.1, 0.15) is 5.76 Å². The lowest BCUT2D eigenvalue weighted by Crippen LogP contribution is -2.11. The predicted molar refractivity (Wildman–Crippen MR) is 84.5 cm³/mol. The van der Waals surface area contributed by atoms with Gasteiger partial charge in [-0.1, -0.05) is 29.3 Å². The molecule has 3 aromatic rings. The van der Waals surface area contributed by atoms with Gasteiger partial charge in [-0.25, -0.2) is 0 Å². The minimum atomic E-state index is -0.415. The van der Waals surface area contributed by atoms with E-state index in [-0.39, 0.29) is 5.76 Å². The summed E-state index contributed by atoms with van der Waals surface area (Å²) in [4.78, 5) is 12.2. The summed E-state index contributed by atoms with van der Waals surface area (Å²) in [6, 6.07) is 10.1. The highest BCUT2D eigenvalue weighted by Gasteiger charge is 2.15. The molecule has 0 spiro atoms. The van der Waals surface area contributed by atoms with Gasteiger partial charge in [0.2, 0.25) is 0 Å². The maximum atomic E-state index is 12.2. The van der Waals surface area contributed by atoms with Crippen LogP contribution in [0.4, 0.5) is 5.69 Å². The maximum absolute atomic E-state index is 12.2. The number of nitrogens with one attached hydrogen (secondary N) is 1. The first-order valence-electron chi connectivity index (χ1n) is 6.45. The Labute approximate surface area is 136 Å². The summed E-state index contributed by atoms with van der Waals surface area (Å²) in [6.45, 7) is 0.452. The lowest BCUT2D eigenvalue weighted by atomic mass is 10.3. The van der Waals surface area contributed by atoms with Crippen molar-refractivity contribution < 1.29 is 9.21 Å². The van der Waals surface area contributed by atoms with Crippen molar-refractivity contribution in [2.75, 3.05) is 5.32 Å². The third-order valence-electron chi connectivity index (χ3n) is 2.96. The van der Waals surface area contributed by atoms with Crippen molar-refractivity contribution in [3.63, 3.8) is 0 Å². The normalized spacial score (nSPS) is 10.6. The number of anilines is 1. The van der Waals surface area contributed by atoms with Crippen molar-refractivity contribution in [3.8, 4) is 0 Å². The number of hydrogen-bond donors (Lipinski definition) is 1. The zero-order valence-corrected chi connectivity index (χ0v) is 12.8. The van der Waals surface area contributed by atoms with Gasteiger partial charge in [0, 0.05) is 12.4 Å². The van der Waals surface area contributed by atoms with Gasteiger partial charge in [-0.15, -0.1) is 0 Å². The van der Waals surface area contributed by atoms with Crippen LogP contribution in [0.15, 0.2) is 53.2 Å². The number of carbonyl (C=O) groups is 1. The van der Waals surface area contributed by atoms with Crippen LogP contribution in [0.2, 0.25) is 10.0 Å². The molecule has 0 aliphatic carbocycles. The van der Waals surface area contributed by atoms with E-state index in [4.69, 9.17) is 27.6 Å². The van der Waals surface area contributed by atoms with Crippen molar-refractivity contribution in [3.05, 3.63) is 70.4 Å². The monoisotopic (exact) mass is 335 g/mol. The molecule has 0 fully saturated rings. The van der Waals surface area contributed by atoms with Crippen LogP contribution in [0.1, 0.15) is 16.3 Å². The molecular formula is C15H11Cl2N3O2. The average Bonchev–Trinajstić information content (AvgIpc) is 3.15. The second-order valence-electron chi connectivity index (χ2n) is 4.52. The molecule has 2 heterocycles. The van der Waals surface area contributed by atoms with Crippen molar-refractivity contribution in [2.45, 2.75) is 6.54 Å². The van der Waals surface area contributed by atoms with E-state index in [1.54, 1.807) is 41.2 Å². The Hall–Kier alpha value is -2.24. The molecule has 3 rings (SSSR count). The van der Waals surface area contributed by atoms with Gasteiger partial charge in [-0.3, -0.25) is 9.48 Å². The van der Waals surface area contributed by atoms with E-state index in [2.05, 4.69) is 10.4 Å². The van der Waals surface area contributed by atoms with Crippen molar-refractivity contribution in [1.29, 1.82) is 0 Å². The fourth-order valence-corrected chi connectivity index (χ4v) is 2.42. The van der Waals surface area contributed by atoms with Crippen LogP contribution in [0.3, 0.4) is 0 Å². The van der Waals surface area contributed by atoms with E-state index >= 15 is 0 Å². The highest BCUT2D eigenvalue weighted by Crippen LogP contribution is 2.30. The number of halogens is 2. The topological polar surface area (TPSA) is 60.1 Å². The number of carbonyl (C=O) groups excluding carboxylic acids is 1. The van der Waals surface area contributed by atoms with Crippen molar-refractivity contribution in [1.82, 2.24) is 9.78 Å². The summed E-state index contributed by atoms with van der Waals surface area (Å²) >= 11 is 12.0. The quantitative estimate of drug-likeness (QED) is 0.781. The van der Waals surface area contributed by atoms with Gasteiger partial charge in [0.05, 0.1) is 22.3 Å². The first kappa shape index (κ1) is 14.7. The predicted octanol–water partition coefficient (Wildman–Crippen LogP) is 4.08. The molecule has 112 valence electrons. The molecule has 22 heavy (non-hydrogen) atoms. The summed E-state index contributed by atoms with van der Waals surface area (Å²) in [5.41, 5.74) is 0.362. The number of amides is 1. The lowest BCUT2D eigenvalue weighted by Gasteiger charge is -2.07. The van der Waals surface area contributed by atoms with E-state index < -0.39 is 5.91 Å². The molecule has 0 saturated carbocycles. The van der Waals surface area contributed by atoms with Gasteiger partial charge >= 0.3 is 0 Å². The van der Waals surface area contributed by atoms with E-state index in [0.717, 1.165) is 0 Å². The van der Waals surface area contributed by atoms with Crippen LogP contribution in [0, 0.1) is 0 Å². The number of benzene rings is 1. The van der Waals surface area contributed by atoms with Crippen molar-refractivity contribution >= 4 is 34.8 Å². The minimum absolute atomic E-state index is 0.179. The molecule has 0 unspecified atom stereocenters. The number of para-hydroxylation sites is 1. The fourth-order valence-electron chi connectivity index (χ4n) is 1.93. The Morgan fingerprint density at radius 3 is 2.64 bits per heavy atom. The molecule has 0 aliphatic heterocycles. The number of furan rings is 1. The average molecular weight is 336 g/mol. The maximum Gasteiger partial charge on any atom is 0.291 e. The molecule has 2 aromatic heterocycles. The summed E-state index contributed by atoms with van der Waals surface area (Å²) in [6.07, 6.45) is 3.49. The second kappa shape index (κ2) is 6.25. The molecule has 1 amide bonds. The highest BCUT2D eigenvalue weighted by molar-refractivity contribution is 6.39. The van der Waals surface area contributed by atoms with Gasteiger partial charge in [0.25, 0.3) is 5.91 Å². The molecule has 0 aliphatic rings. The molecule has 1 aromatic carbocycles. The highest BCUT2D eigenvalue weighted by atomic mass is 35.5. The van der Waals surface area contributed by atoms with Crippen LogP contribution in [0.5, 0.6) is 0 Å². The first-order valence-corrected chi connectivity index (χ1v) is 7.20. The Balaban J connectivity index is 1.74. The summed E-state index contributed by atoms with van der Waals surface area (Å²) < 4.78 is 7.21. The fraction of sp³-hybridized carbons (Fsp3) is 0.0667. The number of rotatable bonds is 4. The third kappa shape index (κ3) is 3.16. The van der Waals surface area contributed by atoms with Gasteiger partial charge < -0.3 is 9.73 Å². The van der Waals surface area contributed by atoms with Crippen LogP contribution < -0.4 is 5.32 Å². The number of nitrogens with zero attached hydrogens (tertiary/aromatic N) is 2. The van der Waals surface area contributed by atoms with Crippen LogP contribution in [-0.2, 0) is 6.54 Å². The van der Waals surface area contributed by atoms with E-state index in [1.165, 1.54) is 0 Å². The molecule has 1 N–H and O–H groups in total. The minimum Gasteiger partial charge on any atom is -0.454 e. The number of aromatic nitrogens is 2. The molecule has 0 bridgehead atoms. The third-order valence-corrected chi connectivity index (χ3v) is 3.59. The Bertz CT molecular complexity index is 777. The second-order valence-corrected chi connectivity index (χ2v) is 5.33. The SMILES string of the molecule is O=C(Nc1c(Cl)cccc1Cl)c1ccc(Cn2cccn2)o1. The molecule has 0 radical (unpaired) electrons. The van der Waals surface area contributed by atoms with Crippen molar-refractivity contribution in [2.24, 2.45) is 0 Å². The molecule has 7 heteroatoms. The largest absolute Gasteiger partial charge is 0.454 e. The zero-order valence-electron chi connectivity index (χ0n) is 11.3. The van der Waals surface area contributed by atoms with E-state index in [9.17, 15) is 4.79 Å². The molecule has 0 atom stereocenters. The van der Waals surface area contributed by atoms with Crippen LogP contribution in [0.25, 0.3) is 0 Å². The zero-order chi connectivity index (χ0) is 15.5. The van der Waals surface area contributed by atoms with Gasteiger partial charge in [-0.2, -0.15) is 5.10 Å². The molecule has 5 nitrogen and oxygen atoms in total. The Kier molecular flexibility index (Phi) is 4.18. The lowest BCUT2D eigenvalue weighted by molar-refractivity contribution is 0.0994. The summed E-state index contributed by atoms with van der Waals surface area (Å²) in [5.74, 6) is 0.388. The summed E-state index contributed by atoms with van der Waals surface area (Å²) in [5, 5.41) is 7.46. The molecule has 0 saturated heterocycles. The molecular weight excluding hydrogens is 325 g/mol. The Morgan fingerprint density at radius 2 is 1.95 bits per heavy atom. The van der Waals surface area contributed by atoms with E-state index in [1.807, 2.05) is 12.3 Å². The number of hydrogen-bond acceptors (Lipinski definition) is 3. The standard InChI is InChI=1S/C15H11Cl2N3O2/c16-11-3-1-4-12(17)14(11)19-15(21)13-6-5-10(22-13)9-20-8-2-7-18-20/h1-8H,9H2,(H,19,21). The first-order chi connectivity index (χ1) is 10.6.